The molecule has 2 aliphatic rings. The number of nitrogens with one attached hydrogen (secondary N) is 2. The van der Waals surface area contributed by atoms with Crippen molar-refractivity contribution in [3.63, 3.8) is 0 Å². The quantitative estimate of drug-likeness (QED) is 0.628. The van der Waals surface area contributed by atoms with Crippen molar-refractivity contribution in [3.05, 3.63) is 63.1 Å². The summed E-state index contributed by atoms with van der Waals surface area (Å²) < 4.78 is 1.04. The van der Waals surface area contributed by atoms with Crippen LogP contribution in [0.25, 0.3) is 22.7 Å². The summed E-state index contributed by atoms with van der Waals surface area (Å²) in [5, 5.41) is 3.30. The maximum absolute atomic E-state index is 12.8. The number of Topliss-reactive ketones (excluding diaryl/α,β-unsaturated/α-hetero) is 1. The Balaban J connectivity index is 1.93. The molecule has 0 aliphatic carbocycles. The molecule has 4 heteroatoms. The van der Waals surface area contributed by atoms with Crippen LogP contribution >= 0.6 is 15.9 Å². The van der Waals surface area contributed by atoms with Gasteiger partial charge in [-0.25, -0.2) is 0 Å². The van der Waals surface area contributed by atoms with E-state index in [1.54, 1.807) is 0 Å². The summed E-state index contributed by atoms with van der Waals surface area (Å²) in [5.41, 5.74) is 3.83. The minimum Gasteiger partial charge on any atom is -0.349 e. The molecule has 2 N–H and O–H groups in total. The molecule has 0 fully saturated rings. The van der Waals surface area contributed by atoms with Gasteiger partial charge < -0.3 is 4.98 Å². The van der Waals surface area contributed by atoms with Gasteiger partial charge in [-0.05, 0) is 24.3 Å². The lowest BCUT2D eigenvalue weighted by Crippen LogP contribution is -3.05. The highest BCUT2D eigenvalue weighted by Gasteiger charge is 2.39. The predicted molar refractivity (Wildman–Crippen MR) is 89.4 cm³/mol. The lowest BCUT2D eigenvalue weighted by atomic mass is 10.1. The number of ketones is 1. The van der Waals surface area contributed by atoms with Crippen LogP contribution in [0.4, 0.5) is 5.69 Å². The molecular weight excluding hydrogens is 340 g/mol. The third-order valence-corrected chi connectivity index (χ3v) is 5.08. The highest BCUT2D eigenvalue weighted by Crippen LogP contribution is 2.22. The molecule has 5 rings (SSSR count). The SMILES string of the molecule is O=C1C2=c3[nH]c4cc(Br)ccc4c3=CC[NH+]2c2ccccc21. The molecule has 3 heterocycles. The molecule has 2 aliphatic heterocycles. The van der Waals surface area contributed by atoms with Crippen LogP contribution in [-0.4, -0.2) is 17.3 Å². The molecule has 0 amide bonds. The van der Waals surface area contributed by atoms with Crippen molar-refractivity contribution < 1.29 is 9.69 Å². The summed E-state index contributed by atoms with van der Waals surface area (Å²) in [6.07, 6.45) is 2.23. The average Bonchev–Trinajstić information content (AvgIpc) is 3.03. The summed E-state index contributed by atoms with van der Waals surface area (Å²) in [7, 11) is 0. The number of carbonyl (C=O) groups excluding carboxylic acids is 1. The third kappa shape index (κ3) is 1.46. The van der Waals surface area contributed by atoms with Gasteiger partial charge in [-0.3, -0.25) is 9.69 Å². The Morgan fingerprint density at radius 1 is 1.14 bits per heavy atom. The number of hydrogen-bond donors (Lipinski definition) is 2. The zero-order chi connectivity index (χ0) is 14.8. The van der Waals surface area contributed by atoms with E-state index >= 15 is 0 Å². The van der Waals surface area contributed by atoms with Gasteiger partial charge in [0.1, 0.15) is 17.6 Å². The highest BCUT2D eigenvalue weighted by molar-refractivity contribution is 9.10. The van der Waals surface area contributed by atoms with Crippen LogP contribution in [0.2, 0.25) is 0 Å². The minimum absolute atomic E-state index is 0.144. The Hall–Kier alpha value is -2.17. The molecule has 0 saturated carbocycles. The second-order valence-electron chi connectivity index (χ2n) is 5.74. The van der Waals surface area contributed by atoms with Gasteiger partial charge in [0.2, 0.25) is 5.70 Å². The number of H-pyrrole nitrogens is 1. The number of aromatic nitrogens is 1. The molecule has 1 atom stereocenters. The Morgan fingerprint density at radius 2 is 2.00 bits per heavy atom. The second kappa shape index (κ2) is 4.18. The number of halogens is 1. The van der Waals surface area contributed by atoms with E-state index < -0.39 is 0 Å². The Kier molecular flexibility index (Phi) is 2.35. The van der Waals surface area contributed by atoms with Crippen LogP contribution in [-0.2, 0) is 0 Å². The first-order valence-corrected chi connectivity index (χ1v) is 8.05. The Bertz CT molecular complexity index is 1090. The van der Waals surface area contributed by atoms with Gasteiger partial charge >= 0.3 is 0 Å². The molecule has 1 unspecified atom stereocenters. The van der Waals surface area contributed by atoms with Gasteiger partial charge in [-0.1, -0.05) is 34.1 Å². The van der Waals surface area contributed by atoms with Crippen molar-refractivity contribution in [1.29, 1.82) is 0 Å². The lowest BCUT2D eigenvalue weighted by Gasteiger charge is -2.13. The number of fused-ring (bicyclic) bond motifs is 6. The first-order chi connectivity index (χ1) is 10.7. The van der Waals surface area contributed by atoms with Crippen molar-refractivity contribution >= 4 is 50.1 Å². The number of quaternary nitrogens is 1. The fourth-order valence-electron chi connectivity index (χ4n) is 3.63. The molecule has 3 nitrogen and oxygen atoms in total. The zero-order valence-electron chi connectivity index (χ0n) is 11.6. The fraction of sp³-hybridized carbons (Fsp3) is 0.0556. The van der Waals surface area contributed by atoms with Gasteiger partial charge in [-0.15, -0.1) is 0 Å². The van der Waals surface area contributed by atoms with Crippen LogP contribution in [0.15, 0.2) is 46.9 Å². The van der Waals surface area contributed by atoms with Crippen molar-refractivity contribution in [3.8, 4) is 0 Å². The smallest absolute Gasteiger partial charge is 0.254 e. The second-order valence-corrected chi connectivity index (χ2v) is 6.66. The monoisotopic (exact) mass is 351 g/mol. The van der Waals surface area contributed by atoms with E-state index in [0.717, 1.165) is 48.9 Å². The predicted octanol–water partition coefficient (Wildman–Crippen LogP) is 1.25. The van der Waals surface area contributed by atoms with Crippen molar-refractivity contribution in [1.82, 2.24) is 4.98 Å². The van der Waals surface area contributed by atoms with E-state index in [4.69, 9.17) is 0 Å². The minimum atomic E-state index is 0.144. The van der Waals surface area contributed by atoms with E-state index in [0.29, 0.717) is 0 Å². The maximum Gasteiger partial charge on any atom is 0.254 e. The topological polar surface area (TPSA) is 37.3 Å². The Morgan fingerprint density at radius 3 is 2.91 bits per heavy atom. The van der Waals surface area contributed by atoms with Crippen LogP contribution in [0.5, 0.6) is 0 Å². The van der Waals surface area contributed by atoms with Crippen LogP contribution in [0.3, 0.4) is 0 Å². The first kappa shape index (κ1) is 12.4. The maximum atomic E-state index is 12.8. The zero-order valence-corrected chi connectivity index (χ0v) is 13.2. The summed E-state index contributed by atoms with van der Waals surface area (Å²) in [5.74, 6) is 0.144. The average molecular weight is 352 g/mol. The summed E-state index contributed by atoms with van der Waals surface area (Å²) >= 11 is 3.51. The molecule has 1 aromatic heterocycles. The van der Waals surface area contributed by atoms with Gasteiger partial charge in [0.05, 0.1) is 5.56 Å². The molecule has 22 heavy (non-hydrogen) atoms. The molecule has 106 valence electrons. The molecular formula is C18H12BrN2O+. The molecule has 0 bridgehead atoms. The van der Waals surface area contributed by atoms with Crippen LogP contribution in [0, 0.1) is 0 Å². The van der Waals surface area contributed by atoms with Gasteiger partial charge in [0.15, 0.2) is 0 Å². The number of aromatic amines is 1. The summed E-state index contributed by atoms with van der Waals surface area (Å²) in [6.45, 7) is 0.814. The lowest BCUT2D eigenvalue weighted by molar-refractivity contribution is -0.738. The standard InChI is InChI=1S/C18H11BrN2O/c19-10-5-6-11-12-7-8-21-15-4-2-1-3-13(15)18(22)17(21)16(12)20-14(11)9-10/h1-7,9,20H,8H2/p+1. The van der Waals surface area contributed by atoms with Gasteiger partial charge in [0.25, 0.3) is 5.78 Å². The number of hydrogen-bond acceptors (Lipinski definition) is 1. The number of benzene rings is 2. The fourth-order valence-corrected chi connectivity index (χ4v) is 3.99. The molecule has 0 radical (unpaired) electrons. The van der Waals surface area contributed by atoms with E-state index in [-0.39, 0.29) is 5.78 Å². The number of carbonyl (C=O) groups is 1. The Labute approximate surface area is 134 Å². The van der Waals surface area contributed by atoms with Gasteiger partial charge in [-0.2, -0.15) is 0 Å². The normalized spacial score (nSPS) is 18.9. The summed E-state index contributed by atoms with van der Waals surface area (Å²) in [4.78, 5) is 17.4. The van der Waals surface area contributed by atoms with E-state index in [9.17, 15) is 4.79 Å². The number of rotatable bonds is 0. The van der Waals surface area contributed by atoms with Crippen molar-refractivity contribution in [2.75, 3.05) is 6.54 Å². The van der Waals surface area contributed by atoms with Crippen molar-refractivity contribution in [2.24, 2.45) is 0 Å². The molecule has 0 saturated heterocycles. The molecule has 2 aromatic carbocycles. The van der Waals surface area contributed by atoms with Crippen molar-refractivity contribution in [2.45, 2.75) is 0 Å². The summed E-state index contributed by atoms with van der Waals surface area (Å²) in [6, 6.07) is 14.1. The van der Waals surface area contributed by atoms with E-state index in [1.807, 2.05) is 30.3 Å². The number of para-hydroxylation sites is 1. The van der Waals surface area contributed by atoms with E-state index in [1.165, 1.54) is 5.39 Å². The van der Waals surface area contributed by atoms with Gasteiger partial charge in [0, 0.05) is 26.7 Å². The van der Waals surface area contributed by atoms with Crippen LogP contribution < -0.4 is 15.5 Å². The molecule has 3 aromatic rings. The van der Waals surface area contributed by atoms with E-state index in [2.05, 4.69) is 39.1 Å². The molecule has 0 spiro atoms. The first-order valence-electron chi connectivity index (χ1n) is 7.26. The third-order valence-electron chi connectivity index (χ3n) is 4.59. The largest absolute Gasteiger partial charge is 0.349 e. The van der Waals surface area contributed by atoms with Crippen LogP contribution in [0.1, 0.15) is 10.4 Å². The highest BCUT2D eigenvalue weighted by atomic mass is 79.9.